The van der Waals surface area contributed by atoms with Gasteiger partial charge < -0.3 is 9.32 Å². The predicted molar refractivity (Wildman–Crippen MR) is 85.8 cm³/mol. The van der Waals surface area contributed by atoms with E-state index in [2.05, 4.69) is 17.9 Å². The zero-order chi connectivity index (χ0) is 15.5. The summed E-state index contributed by atoms with van der Waals surface area (Å²) < 4.78 is 5.38. The van der Waals surface area contributed by atoms with Crippen molar-refractivity contribution in [1.82, 2.24) is 9.80 Å². The van der Waals surface area contributed by atoms with Gasteiger partial charge in [-0.05, 0) is 37.6 Å². The molecule has 0 saturated carbocycles. The zero-order valence-electron chi connectivity index (χ0n) is 13.2. The van der Waals surface area contributed by atoms with Crippen molar-refractivity contribution in [2.75, 3.05) is 26.2 Å². The van der Waals surface area contributed by atoms with E-state index in [4.69, 9.17) is 4.42 Å². The van der Waals surface area contributed by atoms with Crippen molar-refractivity contribution < 1.29 is 9.21 Å². The molecular weight excluding hydrogens is 276 g/mol. The minimum atomic E-state index is 0.148. The van der Waals surface area contributed by atoms with Gasteiger partial charge in [-0.3, -0.25) is 9.69 Å². The predicted octanol–water partition coefficient (Wildman–Crippen LogP) is 2.85. The first kappa shape index (κ1) is 14.9. The Kier molecular flexibility index (Phi) is 4.29. The highest BCUT2D eigenvalue weighted by Crippen LogP contribution is 2.15. The van der Waals surface area contributed by atoms with E-state index in [1.54, 1.807) is 6.26 Å². The van der Waals surface area contributed by atoms with Crippen LogP contribution >= 0.6 is 0 Å². The molecule has 1 amide bonds. The maximum absolute atomic E-state index is 12.6. The molecule has 1 aromatic carbocycles. The lowest BCUT2D eigenvalue weighted by Crippen LogP contribution is -2.48. The first-order chi connectivity index (χ1) is 10.6. The summed E-state index contributed by atoms with van der Waals surface area (Å²) in [7, 11) is 0. The van der Waals surface area contributed by atoms with Crippen LogP contribution in [0.3, 0.4) is 0 Å². The van der Waals surface area contributed by atoms with Gasteiger partial charge in [0.2, 0.25) is 0 Å². The molecule has 0 N–H and O–H groups in total. The summed E-state index contributed by atoms with van der Waals surface area (Å²) in [6, 6.07) is 9.93. The number of benzene rings is 1. The normalized spacial score (nSPS) is 16.0. The molecule has 0 unspecified atom stereocenters. The van der Waals surface area contributed by atoms with Crippen LogP contribution in [0.15, 0.2) is 41.0 Å². The minimum Gasteiger partial charge on any atom is -0.468 e. The number of hydrogen-bond donors (Lipinski definition) is 0. The third kappa shape index (κ3) is 3.22. The molecule has 22 heavy (non-hydrogen) atoms. The Balaban J connectivity index is 1.60. The lowest BCUT2D eigenvalue weighted by molar-refractivity contribution is 0.0619. The first-order valence-corrected chi connectivity index (χ1v) is 7.75. The first-order valence-electron chi connectivity index (χ1n) is 7.75. The van der Waals surface area contributed by atoms with Gasteiger partial charge in [0.05, 0.1) is 12.8 Å². The van der Waals surface area contributed by atoms with E-state index in [1.807, 2.05) is 36.1 Å². The number of carbonyl (C=O) groups excluding carboxylic acids is 1. The molecule has 1 aliphatic heterocycles. The smallest absolute Gasteiger partial charge is 0.254 e. The van der Waals surface area contributed by atoms with Gasteiger partial charge in [0, 0.05) is 31.7 Å². The van der Waals surface area contributed by atoms with Crippen LogP contribution < -0.4 is 0 Å². The molecule has 0 spiro atoms. The molecule has 4 heteroatoms. The fourth-order valence-corrected chi connectivity index (χ4v) is 2.96. The maximum atomic E-state index is 12.6. The Morgan fingerprint density at radius 1 is 1.14 bits per heavy atom. The van der Waals surface area contributed by atoms with E-state index < -0.39 is 0 Å². The summed E-state index contributed by atoms with van der Waals surface area (Å²) in [5.74, 6) is 1.13. The Labute approximate surface area is 131 Å². The van der Waals surface area contributed by atoms with Crippen LogP contribution in [-0.4, -0.2) is 41.9 Å². The van der Waals surface area contributed by atoms with Crippen LogP contribution in [0, 0.1) is 13.8 Å². The van der Waals surface area contributed by atoms with E-state index in [-0.39, 0.29) is 5.91 Å². The quantitative estimate of drug-likeness (QED) is 0.874. The summed E-state index contributed by atoms with van der Waals surface area (Å²) in [5.41, 5.74) is 3.07. The number of hydrogen-bond acceptors (Lipinski definition) is 3. The largest absolute Gasteiger partial charge is 0.468 e. The van der Waals surface area contributed by atoms with Gasteiger partial charge >= 0.3 is 0 Å². The Morgan fingerprint density at radius 3 is 2.55 bits per heavy atom. The molecule has 1 aliphatic rings. The second kappa shape index (κ2) is 6.36. The molecule has 1 saturated heterocycles. The zero-order valence-corrected chi connectivity index (χ0v) is 13.2. The lowest BCUT2D eigenvalue weighted by Gasteiger charge is -2.34. The average molecular weight is 298 g/mol. The molecule has 1 fully saturated rings. The van der Waals surface area contributed by atoms with Crippen LogP contribution in [0.2, 0.25) is 0 Å². The highest BCUT2D eigenvalue weighted by Gasteiger charge is 2.23. The van der Waals surface area contributed by atoms with E-state index in [0.717, 1.165) is 49.6 Å². The fourth-order valence-electron chi connectivity index (χ4n) is 2.96. The Hall–Kier alpha value is -2.07. The molecule has 116 valence electrons. The fraction of sp³-hybridized carbons (Fsp3) is 0.389. The molecule has 0 radical (unpaired) electrons. The number of piperazine rings is 1. The van der Waals surface area contributed by atoms with Gasteiger partial charge in [0.15, 0.2) is 0 Å². The standard InChI is InChI=1S/C18H22N2O2/c1-14-5-6-17(15(2)12-14)18(21)20-9-7-19(8-10-20)13-16-4-3-11-22-16/h3-6,11-12H,7-10,13H2,1-2H3. The molecule has 0 atom stereocenters. The summed E-state index contributed by atoms with van der Waals surface area (Å²) in [4.78, 5) is 16.9. The van der Waals surface area contributed by atoms with Gasteiger partial charge in [0.25, 0.3) is 5.91 Å². The molecule has 2 aromatic rings. The number of nitrogens with zero attached hydrogens (tertiary/aromatic N) is 2. The average Bonchev–Trinajstić information content (AvgIpc) is 3.00. The van der Waals surface area contributed by atoms with Gasteiger partial charge in [-0.1, -0.05) is 17.7 Å². The summed E-state index contributed by atoms with van der Waals surface area (Å²) in [6.07, 6.45) is 1.70. The van der Waals surface area contributed by atoms with Crippen molar-refractivity contribution in [2.24, 2.45) is 0 Å². The van der Waals surface area contributed by atoms with Crippen LogP contribution in [0.1, 0.15) is 27.2 Å². The second-order valence-corrected chi connectivity index (χ2v) is 5.97. The third-order valence-electron chi connectivity index (χ3n) is 4.23. The van der Waals surface area contributed by atoms with Crippen LogP contribution in [-0.2, 0) is 6.54 Å². The minimum absolute atomic E-state index is 0.148. The molecule has 4 nitrogen and oxygen atoms in total. The third-order valence-corrected chi connectivity index (χ3v) is 4.23. The topological polar surface area (TPSA) is 36.7 Å². The number of carbonyl (C=O) groups is 1. The van der Waals surface area contributed by atoms with Crippen molar-refractivity contribution in [3.63, 3.8) is 0 Å². The van der Waals surface area contributed by atoms with Gasteiger partial charge in [-0.2, -0.15) is 0 Å². The maximum Gasteiger partial charge on any atom is 0.254 e. The van der Waals surface area contributed by atoms with Crippen LogP contribution in [0.5, 0.6) is 0 Å². The summed E-state index contributed by atoms with van der Waals surface area (Å²) in [6.45, 7) is 8.19. The lowest BCUT2D eigenvalue weighted by atomic mass is 10.0. The highest BCUT2D eigenvalue weighted by molar-refractivity contribution is 5.95. The van der Waals surface area contributed by atoms with Crippen molar-refractivity contribution >= 4 is 5.91 Å². The Morgan fingerprint density at radius 2 is 1.91 bits per heavy atom. The van der Waals surface area contributed by atoms with Crippen LogP contribution in [0.25, 0.3) is 0 Å². The molecule has 1 aromatic heterocycles. The van der Waals surface area contributed by atoms with Crippen molar-refractivity contribution in [3.8, 4) is 0 Å². The van der Waals surface area contributed by atoms with E-state index in [0.29, 0.717) is 0 Å². The molecule has 0 aliphatic carbocycles. The molecule has 0 bridgehead atoms. The van der Waals surface area contributed by atoms with E-state index in [9.17, 15) is 4.79 Å². The van der Waals surface area contributed by atoms with Crippen molar-refractivity contribution in [2.45, 2.75) is 20.4 Å². The van der Waals surface area contributed by atoms with Crippen molar-refractivity contribution in [1.29, 1.82) is 0 Å². The number of rotatable bonds is 3. The van der Waals surface area contributed by atoms with E-state index >= 15 is 0 Å². The molecule has 2 heterocycles. The molecular formula is C18H22N2O2. The van der Waals surface area contributed by atoms with Gasteiger partial charge in [-0.15, -0.1) is 0 Å². The molecule has 3 rings (SSSR count). The van der Waals surface area contributed by atoms with E-state index in [1.165, 1.54) is 5.56 Å². The monoisotopic (exact) mass is 298 g/mol. The summed E-state index contributed by atoms with van der Waals surface area (Å²) >= 11 is 0. The number of aryl methyl sites for hydroxylation is 2. The highest BCUT2D eigenvalue weighted by atomic mass is 16.3. The number of amides is 1. The Bertz CT molecular complexity index is 641. The number of furan rings is 1. The SMILES string of the molecule is Cc1ccc(C(=O)N2CCN(Cc3ccco3)CC2)c(C)c1. The van der Waals surface area contributed by atoms with Gasteiger partial charge in [0.1, 0.15) is 5.76 Å². The second-order valence-electron chi connectivity index (χ2n) is 5.97. The van der Waals surface area contributed by atoms with Crippen molar-refractivity contribution in [3.05, 3.63) is 59.0 Å². The van der Waals surface area contributed by atoms with Crippen LogP contribution in [0.4, 0.5) is 0 Å². The summed E-state index contributed by atoms with van der Waals surface area (Å²) in [5, 5.41) is 0. The van der Waals surface area contributed by atoms with Gasteiger partial charge in [-0.25, -0.2) is 0 Å².